The summed E-state index contributed by atoms with van der Waals surface area (Å²) in [5, 5.41) is 13.4. The molecule has 90 valence electrons. The lowest BCUT2D eigenvalue weighted by Gasteiger charge is -2.31. The van der Waals surface area contributed by atoms with Crippen LogP contribution in [0.4, 0.5) is 0 Å². The van der Waals surface area contributed by atoms with Gasteiger partial charge >= 0.3 is 0 Å². The predicted octanol–water partition coefficient (Wildman–Crippen LogP) is 2.71. The van der Waals surface area contributed by atoms with Gasteiger partial charge in [0.1, 0.15) is 0 Å². The molecule has 0 spiro atoms. The highest BCUT2D eigenvalue weighted by atomic mass is 16.3. The van der Waals surface area contributed by atoms with Crippen molar-refractivity contribution in [1.29, 1.82) is 0 Å². The molecule has 0 aromatic carbocycles. The minimum Gasteiger partial charge on any atom is -0.389 e. The molecular weight excluding hydrogens is 186 g/mol. The van der Waals surface area contributed by atoms with Crippen LogP contribution in [0, 0.1) is 5.92 Å². The number of nitrogens with one attached hydrogen (secondary N) is 1. The van der Waals surface area contributed by atoms with Gasteiger partial charge in [-0.15, -0.1) is 0 Å². The zero-order chi connectivity index (χ0) is 11.3. The fraction of sp³-hybridized carbons (Fsp3) is 1.00. The van der Waals surface area contributed by atoms with E-state index >= 15 is 0 Å². The van der Waals surface area contributed by atoms with E-state index in [-0.39, 0.29) is 0 Å². The number of hydrogen-bond donors (Lipinski definition) is 2. The summed E-state index contributed by atoms with van der Waals surface area (Å²) < 4.78 is 0. The third-order valence-electron chi connectivity index (χ3n) is 3.92. The normalized spacial score (nSPS) is 24.8. The van der Waals surface area contributed by atoms with Crippen LogP contribution in [0.3, 0.4) is 0 Å². The van der Waals surface area contributed by atoms with Crippen LogP contribution < -0.4 is 5.32 Å². The van der Waals surface area contributed by atoms with Gasteiger partial charge in [0, 0.05) is 12.6 Å². The van der Waals surface area contributed by atoms with E-state index in [0.29, 0.717) is 6.04 Å². The third kappa shape index (κ3) is 4.52. The molecule has 0 amide bonds. The summed E-state index contributed by atoms with van der Waals surface area (Å²) in [6.07, 6.45) is 7.74. The number of rotatable bonds is 5. The van der Waals surface area contributed by atoms with Crippen LogP contribution in [0.2, 0.25) is 0 Å². The second kappa shape index (κ2) is 5.86. The lowest BCUT2D eigenvalue weighted by atomic mass is 9.84. The fourth-order valence-corrected chi connectivity index (χ4v) is 2.31. The predicted molar refractivity (Wildman–Crippen MR) is 65.0 cm³/mol. The minimum atomic E-state index is -0.539. The van der Waals surface area contributed by atoms with Gasteiger partial charge in [0.2, 0.25) is 0 Å². The molecule has 2 atom stereocenters. The van der Waals surface area contributed by atoms with E-state index in [1.54, 1.807) is 0 Å². The average Bonchev–Trinajstić information content (AvgIpc) is 2.27. The van der Waals surface area contributed by atoms with Crippen molar-refractivity contribution in [3.63, 3.8) is 0 Å². The monoisotopic (exact) mass is 213 g/mol. The second-order valence-electron chi connectivity index (χ2n) is 5.42. The average molecular weight is 213 g/mol. The van der Waals surface area contributed by atoms with E-state index in [4.69, 9.17) is 0 Å². The Hall–Kier alpha value is -0.0800. The molecule has 0 aliphatic heterocycles. The van der Waals surface area contributed by atoms with E-state index in [1.165, 1.54) is 32.1 Å². The van der Waals surface area contributed by atoms with Crippen molar-refractivity contribution in [3.05, 3.63) is 0 Å². The maximum atomic E-state index is 9.91. The molecule has 1 aliphatic rings. The molecule has 1 aliphatic carbocycles. The topological polar surface area (TPSA) is 32.3 Å². The Kier molecular flexibility index (Phi) is 5.07. The van der Waals surface area contributed by atoms with E-state index in [0.717, 1.165) is 18.9 Å². The van der Waals surface area contributed by atoms with E-state index in [2.05, 4.69) is 12.2 Å². The molecule has 0 heterocycles. The van der Waals surface area contributed by atoms with Gasteiger partial charge in [0.25, 0.3) is 0 Å². The van der Waals surface area contributed by atoms with Crippen molar-refractivity contribution in [2.45, 2.75) is 70.9 Å². The largest absolute Gasteiger partial charge is 0.389 e. The molecule has 1 unspecified atom stereocenters. The van der Waals surface area contributed by atoms with Crippen LogP contribution in [0.25, 0.3) is 0 Å². The molecule has 0 aromatic rings. The van der Waals surface area contributed by atoms with Crippen LogP contribution >= 0.6 is 0 Å². The van der Waals surface area contributed by atoms with Crippen LogP contribution in [-0.2, 0) is 0 Å². The van der Waals surface area contributed by atoms with Crippen molar-refractivity contribution in [1.82, 2.24) is 5.32 Å². The summed E-state index contributed by atoms with van der Waals surface area (Å²) in [5.74, 6) is 0.825. The highest BCUT2D eigenvalue weighted by molar-refractivity contribution is 4.80. The van der Waals surface area contributed by atoms with Gasteiger partial charge < -0.3 is 10.4 Å². The first-order valence-electron chi connectivity index (χ1n) is 6.51. The zero-order valence-corrected chi connectivity index (χ0v) is 10.6. The standard InChI is InChI=1S/C13H27NO/c1-4-13(3,15)10-14-11(2)12-8-6-5-7-9-12/h11-12,14-15H,4-10H2,1-3H3/t11-,13?/m1/s1. The van der Waals surface area contributed by atoms with Crippen molar-refractivity contribution in [2.75, 3.05) is 6.54 Å². The van der Waals surface area contributed by atoms with Crippen molar-refractivity contribution in [2.24, 2.45) is 5.92 Å². The van der Waals surface area contributed by atoms with Crippen LogP contribution in [0.5, 0.6) is 0 Å². The molecular formula is C13H27NO. The van der Waals surface area contributed by atoms with Gasteiger partial charge in [0.05, 0.1) is 5.60 Å². The molecule has 0 saturated heterocycles. The first-order valence-corrected chi connectivity index (χ1v) is 6.51. The van der Waals surface area contributed by atoms with Gasteiger partial charge in [-0.1, -0.05) is 26.2 Å². The summed E-state index contributed by atoms with van der Waals surface area (Å²) in [6, 6.07) is 0.559. The van der Waals surface area contributed by atoms with Crippen molar-refractivity contribution in [3.8, 4) is 0 Å². The Bertz CT molecular complexity index is 173. The number of hydrogen-bond acceptors (Lipinski definition) is 2. The molecule has 15 heavy (non-hydrogen) atoms. The highest BCUT2D eigenvalue weighted by Gasteiger charge is 2.23. The quantitative estimate of drug-likeness (QED) is 0.736. The van der Waals surface area contributed by atoms with Crippen LogP contribution in [-0.4, -0.2) is 23.3 Å². The Morgan fingerprint density at radius 1 is 1.33 bits per heavy atom. The maximum Gasteiger partial charge on any atom is 0.0741 e. The first-order chi connectivity index (χ1) is 7.05. The first kappa shape index (κ1) is 13.0. The van der Waals surface area contributed by atoms with E-state index < -0.39 is 5.60 Å². The summed E-state index contributed by atoms with van der Waals surface area (Å²) in [4.78, 5) is 0. The third-order valence-corrected chi connectivity index (χ3v) is 3.92. The summed E-state index contributed by atoms with van der Waals surface area (Å²) in [6.45, 7) is 6.93. The molecule has 0 bridgehead atoms. The Morgan fingerprint density at radius 3 is 2.47 bits per heavy atom. The van der Waals surface area contributed by atoms with Crippen molar-refractivity contribution < 1.29 is 5.11 Å². The van der Waals surface area contributed by atoms with Gasteiger partial charge in [-0.3, -0.25) is 0 Å². The van der Waals surface area contributed by atoms with Crippen molar-refractivity contribution >= 4 is 0 Å². The molecule has 0 aromatic heterocycles. The smallest absolute Gasteiger partial charge is 0.0741 e. The summed E-state index contributed by atoms with van der Waals surface area (Å²) in [5.41, 5.74) is -0.539. The zero-order valence-electron chi connectivity index (χ0n) is 10.6. The Morgan fingerprint density at radius 2 is 1.93 bits per heavy atom. The van der Waals surface area contributed by atoms with Gasteiger partial charge in [-0.25, -0.2) is 0 Å². The van der Waals surface area contributed by atoms with E-state index in [1.807, 2.05) is 13.8 Å². The molecule has 2 heteroatoms. The Labute approximate surface area is 94.5 Å². The Balaban J connectivity index is 2.25. The maximum absolute atomic E-state index is 9.91. The van der Waals surface area contributed by atoms with Gasteiger partial charge in [0.15, 0.2) is 0 Å². The van der Waals surface area contributed by atoms with Gasteiger partial charge in [-0.2, -0.15) is 0 Å². The SMILES string of the molecule is CCC(C)(O)CN[C@H](C)C1CCCCC1. The molecule has 1 saturated carbocycles. The minimum absolute atomic E-state index is 0.539. The second-order valence-corrected chi connectivity index (χ2v) is 5.42. The lowest BCUT2D eigenvalue weighted by Crippen LogP contribution is -2.44. The van der Waals surface area contributed by atoms with Crippen LogP contribution in [0.1, 0.15) is 59.3 Å². The molecule has 2 N–H and O–H groups in total. The van der Waals surface area contributed by atoms with Gasteiger partial charge in [-0.05, 0) is 39.0 Å². The van der Waals surface area contributed by atoms with Crippen LogP contribution in [0.15, 0.2) is 0 Å². The molecule has 2 nitrogen and oxygen atoms in total. The van der Waals surface area contributed by atoms with E-state index in [9.17, 15) is 5.11 Å². The summed E-state index contributed by atoms with van der Waals surface area (Å²) >= 11 is 0. The fourth-order valence-electron chi connectivity index (χ4n) is 2.31. The molecule has 0 radical (unpaired) electrons. The number of aliphatic hydroxyl groups is 1. The molecule has 1 rings (SSSR count). The lowest BCUT2D eigenvalue weighted by molar-refractivity contribution is 0.0501. The summed E-state index contributed by atoms with van der Waals surface area (Å²) in [7, 11) is 0. The molecule has 1 fully saturated rings. The highest BCUT2D eigenvalue weighted by Crippen LogP contribution is 2.26.